The van der Waals surface area contributed by atoms with Gasteiger partial charge in [0.2, 0.25) is 0 Å². The summed E-state index contributed by atoms with van der Waals surface area (Å²) < 4.78 is 1.57. The first-order valence-corrected chi connectivity index (χ1v) is 5.77. The van der Waals surface area contributed by atoms with E-state index in [4.69, 9.17) is 5.73 Å². The number of thiophene rings is 1. The number of amides is 1. The van der Waals surface area contributed by atoms with E-state index in [2.05, 4.69) is 11.2 Å². The minimum Gasteiger partial charge on any atom is -0.364 e. The standard InChI is InChI=1S/C11H10N3O2S/c1-7(15)8-4-9(17-6-8)5-14-3-2-10(13-14)11(12)16/h3-4,6H,5H2,1H3,(H2,12,16). The Hall–Kier alpha value is -1.95. The lowest BCUT2D eigenvalue weighted by Gasteiger charge is -1.96. The molecule has 0 bridgehead atoms. The fraction of sp³-hybridized carbons (Fsp3) is 0.182. The van der Waals surface area contributed by atoms with Gasteiger partial charge < -0.3 is 5.73 Å². The molecule has 1 radical (unpaired) electrons. The average molecular weight is 248 g/mol. The summed E-state index contributed by atoms with van der Waals surface area (Å²) in [5.74, 6) is -0.559. The molecule has 87 valence electrons. The highest BCUT2D eigenvalue weighted by molar-refractivity contribution is 7.10. The van der Waals surface area contributed by atoms with Crippen molar-refractivity contribution in [1.82, 2.24) is 9.78 Å². The van der Waals surface area contributed by atoms with Crippen LogP contribution in [0.2, 0.25) is 0 Å². The first-order valence-electron chi connectivity index (χ1n) is 4.89. The molecule has 0 saturated heterocycles. The van der Waals surface area contributed by atoms with E-state index >= 15 is 0 Å². The molecule has 1 amide bonds. The first-order chi connectivity index (χ1) is 8.06. The van der Waals surface area contributed by atoms with Gasteiger partial charge in [0.15, 0.2) is 11.5 Å². The van der Waals surface area contributed by atoms with Gasteiger partial charge in [0.25, 0.3) is 5.91 Å². The quantitative estimate of drug-likeness (QED) is 0.823. The molecular formula is C11H10N3O2S. The Morgan fingerprint density at radius 1 is 1.59 bits per heavy atom. The summed E-state index contributed by atoms with van der Waals surface area (Å²) in [4.78, 5) is 22.9. The monoisotopic (exact) mass is 248 g/mol. The lowest BCUT2D eigenvalue weighted by Crippen LogP contribution is -2.12. The van der Waals surface area contributed by atoms with Gasteiger partial charge in [0, 0.05) is 28.1 Å². The SMILES string of the molecule is CC(=O)c1csc(Cn2c[c]c(C(N)=O)n2)c1. The van der Waals surface area contributed by atoms with Crippen LogP contribution in [0.1, 0.15) is 32.6 Å². The van der Waals surface area contributed by atoms with Crippen molar-refractivity contribution in [3.63, 3.8) is 0 Å². The van der Waals surface area contributed by atoms with Crippen molar-refractivity contribution in [2.24, 2.45) is 5.73 Å². The maximum absolute atomic E-state index is 11.1. The van der Waals surface area contributed by atoms with Gasteiger partial charge in [-0.15, -0.1) is 11.3 Å². The van der Waals surface area contributed by atoms with Crippen LogP contribution in [0.15, 0.2) is 17.6 Å². The van der Waals surface area contributed by atoms with Crippen molar-refractivity contribution in [2.75, 3.05) is 0 Å². The fourth-order valence-electron chi connectivity index (χ4n) is 1.33. The van der Waals surface area contributed by atoms with Crippen LogP contribution in [0.3, 0.4) is 0 Å². The summed E-state index contributed by atoms with van der Waals surface area (Å²) in [5, 5.41) is 5.77. The van der Waals surface area contributed by atoms with Crippen molar-refractivity contribution in [2.45, 2.75) is 13.5 Å². The summed E-state index contributed by atoms with van der Waals surface area (Å²) >= 11 is 1.48. The summed E-state index contributed by atoms with van der Waals surface area (Å²) in [7, 11) is 0. The van der Waals surface area contributed by atoms with Gasteiger partial charge in [-0.05, 0) is 13.0 Å². The van der Waals surface area contributed by atoms with Crippen LogP contribution in [-0.2, 0) is 6.54 Å². The Kier molecular flexibility index (Phi) is 3.06. The van der Waals surface area contributed by atoms with Crippen molar-refractivity contribution >= 4 is 23.0 Å². The molecule has 2 N–H and O–H groups in total. The van der Waals surface area contributed by atoms with Crippen LogP contribution >= 0.6 is 11.3 Å². The number of Topliss-reactive ketones (excluding diaryl/α,β-unsaturated/α-hetero) is 1. The number of nitrogens with two attached hydrogens (primary N) is 1. The maximum Gasteiger partial charge on any atom is 0.269 e. The van der Waals surface area contributed by atoms with E-state index in [1.165, 1.54) is 18.3 Å². The van der Waals surface area contributed by atoms with E-state index in [9.17, 15) is 9.59 Å². The van der Waals surface area contributed by atoms with E-state index < -0.39 is 5.91 Å². The largest absolute Gasteiger partial charge is 0.364 e. The number of carbonyl (C=O) groups excluding carboxylic acids is 2. The second-order valence-electron chi connectivity index (χ2n) is 3.54. The molecule has 2 rings (SSSR count). The number of ketones is 1. The summed E-state index contributed by atoms with van der Waals surface area (Å²) in [5.41, 5.74) is 5.89. The Morgan fingerprint density at radius 3 is 2.88 bits per heavy atom. The molecule has 2 heterocycles. The molecule has 0 unspecified atom stereocenters. The number of aromatic nitrogens is 2. The highest BCUT2D eigenvalue weighted by Gasteiger charge is 2.08. The lowest BCUT2D eigenvalue weighted by molar-refractivity contribution is 0.0991. The highest BCUT2D eigenvalue weighted by Crippen LogP contribution is 2.16. The van der Waals surface area contributed by atoms with Gasteiger partial charge >= 0.3 is 0 Å². The van der Waals surface area contributed by atoms with E-state index in [0.29, 0.717) is 12.1 Å². The Bertz CT molecular complexity index is 521. The van der Waals surface area contributed by atoms with Crippen LogP contribution in [0, 0.1) is 6.07 Å². The molecule has 2 aromatic heterocycles. The van der Waals surface area contributed by atoms with Crippen molar-refractivity contribution in [3.8, 4) is 0 Å². The second-order valence-corrected chi connectivity index (χ2v) is 4.54. The number of carbonyl (C=O) groups is 2. The molecule has 0 spiro atoms. The Labute approximate surface area is 102 Å². The molecular weight excluding hydrogens is 238 g/mol. The lowest BCUT2D eigenvalue weighted by atomic mass is 10.2. The third-order valence-corrected chi connectivity index (χ3v) is 3.11. The van der Waals surface area contributed by atoms with Crippen molar-refractivity contribution in [1.29, 1.82) is 0 Å². The van der Waals surface area contributed by atoms with Crippen LogP contribution in [0.5, 0.6) is 0 Å². The summed E-state index contributed by atoms with van der Waals surface area (Å²) in [6.45, 7) is 2.03. The molecule has 5 nitrogen and oxygen atoms in total. The fourth-order valence-corrected chi connectivity index (χ4v) is 2.25. The first kappa shape index (κ1) is 11.5. The molecule has 0 aromatic carbocycles. The molecule has 0 aliphatic rings. The highest BCUT2D eigenvalue weighted by atomic mass is 32.1. The molecule has 17 heavy (non-hydrogen) atoms. The normalized spacial score (nSPS) is 10.4. The smallest absolute Gasteiger partial charge is 0.269 e. The zero-order chi connectivity index (χ0) is 12.4. The van der Waals surface area contributed by atoms with Gasteiger partial charge in [-0.25, -0.2) is 0 Å². The number of rotatable bonds is 4. The number of primary amides is 1. The van der Waals surface area contributed by atoms with Gasteiger partial charge in [-0.2, -0.15) is 5.10 Å². The van der Waals surface area contributed by atoms with Gasteiger partial charge in [-0.1, -0.05) is 0 Å². The van der Waals surface area contributed by atoms with E-state index in [1.54, 1.807) is 16.3 Å². The zero-order valence-electron chi connectivity index (χ0n) is 9.14. The van der Waals surface area contributed by atoms with Crippen molar-refractivity contribution < 1.29 is 9.59 Å². The third-order valence-electron chi connectivity index (χ3n) is 2.19. The average Bonchev–Trinajstić information content (AvgIpc) is 2.87. The molecule has 0 fully saturated rings. The minimum atomic E-state index is -0.598. The van der Waals surface area contributed by atoms with Gasteiger partial charge in [0.1, 0.15) is 0 Å². The van der Waals surface area contributed by atoms with Crippen LogP contribution in [0.4, 0.5) is 0 Å². The van der Waals surface area contributed by atoms with Gasteiger partial charge in [0.05, 0.1) is 6.54 Å². The molecule has 0 atom stereocenters. The maximum atomic E-state index is 11.1. The second kappa shape index (κ2) is 4.50. The molecule has 6 heteroatoms. The minimum absolute atomic E-state index is 0.0392. The van der Waals surface area contributed by atoms with E-state index in [-0.39, 0.29) is 11.5 Å². The Balaban J connectivity index is 2.13. The zero-order valence-corrected chi connectivity index (χ0v) is 9.95. The van der Waals surface area contributed by atoms with Gasteiger partial charge in [-0.3, -0.25) is 14.3 Å². The predicted octanol–water partition coefficient (Wildman–Crippen LogP) is 1.09. The molecule has 0 saturated carbocycles. The van der Waals surface area contributed by atoms with Crippen LogP contribution in [-0.4, -0.2) is 21.5 Å². The summed E-state index contributed by atoms with van der Waals surface area (Å²) in [6.07, 6.45) is 1.56. The van der Waals surface area contributed by atoms with Crippen LogP contribution < -0.4 is 5.73 Å². The van der Waals surface area contributed by atoms with Crippen LogP contribution in [0.25, 0.3) is 0 Å². The van der Waals surface area contributed by atoms with E-state index in [0.717, 1.165) is 4.88 Å². The molecule has 2 aromatic rings. The van der Waals surface area contributed by atoms with Crippen molar-refractivity contribution in [3.05, 3.63) is 39.8 Å². The van der Waals surface area contributed by atoms with E-state index in [1.807, 2.05) is 6.07 Å². The Morgan fingerprint density at radius 2 is 2.35 bits per heavy atom. The third kappa shape index (κ3) is 2.59. The summed E-state index contributed by atoms with van der Waals surface area (Å²) in [6, 6.07) is 4.49. The molecule has 0 aliphatic heterocycles. The number of hydrogen-bond acceptors (Lipinski definition) is 4. The number of hydrogen-bond donors (Lipinski definition) is 1. The predicted molar refractivity (Wildman–Crippen MR) is 63.0 cm³/mol. The molecule has 0 aliphatic carbocycles. The number of nitrogens with zero attached hydrogens (tertiary/aromatic N) is 2. The topological polar surface area (TPSA) is 78.0 Å².